The molecule has 1 heterocycles. The van der Waals surface area contributed by atoms with E-state index in [1.165, 1.54) is 12.1 Å². The molecule has 0 aliphatic carbocycles. The number of nitrogens with one attached hydrogen (secondary N) is 1. The van der Waals surface area contributed by atoms with Crippen molar-refractivity contribution in [1.82, 2.24) is 14.8 Å². The second-order valence-corrected chi connectivity index (χ2v) is 5.04. The Morgan fingerprint density at radius 2 is 2.10 bits per heavy atom. The van der Waals surface area contributed by atoms with Crippen molar-refractivity contribution in [3.63, 3.8) is 0 Å². The highest BCUT2D eigenvalue weighted by Gasteiger charge is 2.36. The van der Waals surface area contributed by atoms with Crippen LogP contribution in [0.1, 0.15) is 11.4 Å². The van der Waals surface area contributed by atoms with Crippen LogP contribution in [0.5, 0.6) is 5.75 Å². The van der Waals surface area contributed by atoms with Gasteiger partial charge in [0.2, 0.25) is 5.82 Å². The van der Waals surface area contributed by atoms with Gasteiger partial charge in [-0.05, 0) is 36.5 Å². The van der Waals surface area contributed by atoms with Crippen molar-refractivity contribution >= 4 is 40.4 Å². The maximum Gasteiger partial charge on any atom is 0.452 e. The molecule has 1 aromatic carbocycles. The molecule has 0 unspecified atom stereocenters. The minimum absolute atomic E-state index is 0.0620. The molecule has 0 fully saturated rings. The van der Waals surface area contributed by atoms with E-state index in [1.54, 1.807) is 12.1 Å². The summed E-state index contributed by atoms with van der Waals surface area (Å²) in [6, 6.07) is 4.59. The third kappa shape index (κ3) is 3.10. The van der Waals surface area contributed by atoms with Crippen LogP contribution in [-0.4, -0.2) is 19.9 Å². The number of aromatic hydroxyl groups is 1. The zero-order chi connectivity index (χ0) is 14.9. The molecule has 0 amide bonds. The topological polar surface area (TPSA) is 53.8 Å². The fraction of sp³-hybridized carbons (Fsp3) is 0.0909. The standard InChI is InChI=1S/C11H7BrF3N3OS/c12-7-1-2-8(19)6(5-7)3-4-18-9(11(13,14)15)16-17-10(18)20/h1-5,19H,(H,17,20)/b4-3+. The smallest absolute Gasteiger partial charge is 0.452 e. The van der Waals surface area contributed by atoms with Gasteiger partial charge in [-0.3, -0.25) is 9.67 Å². The number of hydrogen-bond acceptors (Lipinski definition) is 3. The maximum atomic E-state index is 12.7. The van der Waals surface area contributed by atoms with E-state index in [1.807, 2.05) is 0 Å². The SMILES string of the molecule is Oc1ccc(Br)cc1/C=C/n1c(C(F)(F)F)n[nH]c1=S. The van der Waals surface area contributed by atoms with E-state index in [-0.39, 0.29) is 10.5 Å². The molecule has 0 spiro atoms. The van der Waals surface area contributed by atoms with Gasteiger partial charge in [-0.2, -0.15) is 13.2 Å². The lowest BCUT2D eigenvalue weighted by atomic mass is 10.2. The summed E-state index contributed by atoms with van der Waals surface area (Å²) in [4.78, 5) is 0. The molecular formula is C11H7BrF3N3OS. The number of alkyl halides is 3. The normalized spacial score (nSPS) is 12.2. The van der Waals surface area contributed by atoms with Crippen LogP contribution in [0, 0.1) is 4.77 Å². The predicted molar refractivity (Wildman–Crippen MR) is 73.4 cm³/mol. The number of benzene rings is 1. The quantitative estimate of drug-likeness (QED) is 0.789. The Balaban J connectivity index is 2.45. The van der Waals surface area contributed by atoms with Crippen LogP contribution in [-0.2, 0) is 6.18 Å². The van der Waals surface area contributed by atoms with E-state index >= 15 is 0 Å². The van der Waals surface area contributed by atoms with Crippen molar-refractivity contribution in [3.8, 4) is 5.75 Å². The van der Waals surface area contributed by atoms with Gasteiger partial charge in [0.25, 0.3) is 0 Å². The van der Waals surface area contributed by atoms with Crippen LogP contribution in [0.15, 0.2) is 22.7 Å². The van der Waals surface area contributed by atoms with Gasteiger partial charge in [0, 0.05) is 16.2 Å². The number of hydrogen-bond donors (Lipinski definition) is 2. The number of halogens is 4. The van der Waals surface area contributed by atoms with E-state index in [4.69, 9.17) is 12.2 Å². The first-order valence-corrected chi connectivity index (χ1v) is 6.40. The number of phenols is 1. The molecule has 106 valence electrons. The first-order chi connectivity index (χ1) is 9.29. The lowest BCUT2D eigenvalue weighted by Crippen LogP contribution is -2.12. The number of H-pyrrole nitrogens is 1. The van der Waals surface area contributed by atoms with Crippen molar-refractivity contribution in [2.24, 2.45) is 0 Å². The molecule has 4 nitrogen and oxygen atoms in total. The average Bonchev–Trinajstić information content (AvgIpc) is 2.72. The van der Waals surface area contributed by atoms with Gasteiger partial charge >= 0.3 is 6.18 Å². The first kappa shape index (κ1) is 14.8. The first-order valence-electron chi connectivity index (χ1n) is 5.20. The molecule has 2 N–H and O–H groups in total. The van der Waals surface area contributed by atoms with E-state index in [0.717, 1.165) is 6.20 Å². The molecular weight excluding hydrogens is 359 g/mol. The van der Waals surface area contributed by atoms with Crippen LogP contribution in [0.3, 0.4) is 0 Å². The lowest BCUT2D eigenvalue weighted by Gasteiger charge is -2.05. The summed E-state index contributed by atoms with van der Waals surface area (Å²) < 4.78 is 39.3. The van der Waals surface area contributed by atoms with Gasteiger partial charge < -0.3 is 5.11 Å². The Labute approximate surface area is 124 Å². The summed E-state index contributed by atoms with van der Waals surface area (Å²) in [5.41, 5.74) is 0.343. The van der Waals surface area contributed by atoms with Crippen LogP contribution in [0.4, 0.5) is 13.2 Å². The molecule has 0 aliphatic rings. The maximum absolute atomic E-state index is 12.7. The summed E-state index contributed by atoms with van der Waals surface area (Å²) >= 11 is 7.94. The Bertz CT molecular complexity index is 720. The van der Waals surface area contributed by atoms with E-state index < -0.39 is 12.0 Å². The van der Waals surface area contributed by atoms with Crippen molar-refractivity contribution < 1.29 is 18.3 Å². The van der Waals surface area contributed by atoms with Gasteiger partial charge in [-0.25, -0.2) is 0 Å². The highest BCUT2D eigenvalue weighted by molar-refractivity contribution is 9.10. The summed E-state index contributed by atoms with van der Waals surface area (Å²) in [6.45, 7) is 0. The van der Waals surface area contributed by atoms with Crippen LogP contribution < -0.4 is 0 Å². The average molecular weight is 366 g/mol. The Kier molecular flexibility index (Phi) is 4.00. The molecule has 0 saturated heterocycles. The van der Waals surface area contributed by atoms with Gasteiger partial charge in [0.1, 0.15) is 5.75 Å². The molecule has 9 heteroatoms. The zero-order valence-corrected chi connectivity index (χ0v) is 12.1. The predicted octanol–water partition coefficient (Wildman–Crippen LogP) is 4.06. The Morgan fingerprint density at radius 1 is 1.40 bits per heavy atom. The van der Waals surface area contributed by atoms with Crippen molar-refractivity contribution in [1.29, 1.82) is 0 Å². The Morgan fingerprint density at radius 3 is 2.75 bits per heavy atom. The molecule has 0 radical (unpaired) electrons. The van der Waals surface area contributed by atoms with Crippen molar-refractivity contribution in [2.45, 2.75) is 6.18 Å². The molecule has 0 aliphatic heterocycles. The number of nitrogens with zero attached hydrogens (tertiary/aromatic N) is 2. The number of rotatable bonds is 2. The summed E-state index contributed by atoms with van der Waals surface area (Å²) in [7, 11) is 0. The number of aromatic amines is 1. The van der Waals surface area contributed by atoms with Crippen LogP contribution >= 0.6 is 28.1 Å². The minimum atomic E-state index is -4.63. The molecule has 0 atom stereocenters. The van der Waals surface area contributed by atoms with Gasteiger partial charge in [-0.1, -0.05) is 15.9 Å². The fourth-order valence-electron chi connectivity index (χ4n) is 1.46. The molecule has 0 bridgehead atoms. The van der Waals surface area contributed by atoms with Gasteiger partial charge in [0.15, 0.2) is 4.77 Å². The van der Waals surface area contributed by atoms with Crippen LogP contribution in [0.2, 0.25) is 0 Å². The van der Waals surface area contributed by atoms with E-state index in [2.05, 4.69) is 26.1 Å². The molecule has 2 aromatic rings. The summed E-state index contributed by atoms with van der Waals surface area (Å²) in [6.07, 6.45) is -2.23. The van der Waals surface area contributed by atoms with E-state index in [9.17, 15) is 18.3 Å². The van der Waals surface area contributed by atoms with Crippen LogP contribution in [0.25, 0.3) is 12.3 Å². The number of aromatic nitrogens is 3. The van der Waals surface area contributed by atoms with E-state index in [0.29, 0.717) is 14.6 Å². The highest BCUT2D eigenvalue weighted by Crippen LogP contribution is 2.28. The van der Waals surface area contributed by atoms with Gasteiger partial charge in [-0.15, -0.1) is 5.10 Å². The second-order valence-electron chi connectivity index (χ2n) is 3.74. The molecule has 0 saturated carbocycles. The van der Waals surface area contributed by atoms with Crippen molar-refractivity contribution in [3.05, 3.63) is 38.8 Å². The summed E-state index contributed by atoms with van der Waals surface area (Å²) in [5.74, 6) is -1.22. The van der Waals surface area contributed by atoms with Crippen molar-refractivity contribution in [2.75, 3.05) is 0 Å². The lowest BCUT2D eigenvalue weighted by molar-refractivity contribution is -0.146. The summed E-state index contributed by atoms with van der Waals surface area (Å²) in [5, 5.41) is 14.8. The molecule has 2 rings (SSSR count). The third-order valence-corrected chi connectivity index (χ3v) is 3.13. The third-order valence-electron chi connectivity index (χ3n) is 2.35. The monoisotopic (exact) mass is 365 g/mol. The zero-order valence-electron chi connectivity index (χ0n) is 9.65. The molecule has 1 aromatic heterocycles. The number of phenolic OH excluding ortho intramolecular Hbond substituents is 1. The fourth-order valence-corrected chi connectivity index (χ4v) is 2.03. The highest BCUT2D eigenvalue weighted by atomic mass is 79.9. The Hall–Kier alpha value is -1.61. The molecule has 20 heavy (non-hydrogen) atoms. The minimum Gasteiger partial charge on any atom is -0.507 e. The largest absolute Gasteiger partial charge is 0.507 e. The van der Waals surface area contributed by atoms with Gasteiger partial charge in [0.05, 0.1) is 0 Å². The second kappa shape index (κ2) is 5.41.